The zero-order chi connectivity index (χ0) is 14.6. The first-order valence-electron chi connectivity index (χ1n) is 6.85. The number of halogens is 1. The summed E-state index contributed by atoms with van der Waals surface area (Å²) in [5, 5.41) is 23.0. The van der Waals surface area contributed by atoms with Crippen molar-refractivity contribution in [3.05, 3.63) is 65.5 Å². The molecule has 0 fully saturated rings. The average molecular weight is 280 g/mol. The van der Waals surface area contributed by atoms with Gasteiger partial charge in [0.25, 0.3) is 0 Å². The van der Waals surface area contributed by atoms with Crippen molar-refractivity contribution in [2.75, 3.05) is 0 Å². The molecule has 0 heterocycles. The fraction of sp³-hybridized carbons (Fsp3) is 0.111. The predicted molar refractivity (Wildman–Crippen MR) is 81.4 cm³/mol. The van der Waals surface area contributed by atoms with Gasteiger partial charge in [0.05, 0.1) is 0 Å². The molecule has 104 valence electrons. The number of fused-ring (bicyclic) bond motifs is 4. The molecule has 3 heteroatoms. The molecule has 0 spiro atoms. The minimum atomic E-state index is -1.22. The second-order valence-corrected chi connectivity index (χ2v) is 5.37. The van der Waals surface area contributed by atoms with E-state index in [1.807, 2.05) is 36.4 Å². The topological polar surface area (TPSA) is 40.5 Å². The van der Waals surface area contributed by atoms with E-state index >= 15 is 0 Å². The van der Waals surface area contributed by atoms with Crippen molar-refractivity contribution >= 4 is 27.6 Å². The van der Waals surface area contributed by atoms with E-state index in [1.54, 1.807) is 12.1 Å². The molecule has 0 bridgehead atoms. The van der Waals surface area contributed by atoms with E-state index in [2.05, 4.69) is 0 Å². The van der Waals surface area contributed by atoms with Gasteiger partial charge in [-0.05, 0) is 27.8 Å². The highest BCUT2D eigenvalue weighted by atomic mass is 19.1. The molecule has 0 unspecified atom stereocenters. The van der Waals surface area contributed by atoms with E-state index in [1.165, 1.54) is 6.08 Å². The van der Waals surface area contributed by atoms with E-state index in [4.69, 9.17) is 0 Å². The molecule has 0 saturated carbocycles. The molecule has 21 heavy (non-hydrogen) atoms. The summed E-state index contributed by atoms with van der Waals surface area (Å²) in [4.78, 5) is 0. The SMILES string of the molecule is O[C@H]1C=Cc2cc3c(ccc4ccccc43)c(F)c2[C@@H]1O. The third-order valence-corrected chi connectivity index (χ3v) is 4.15. The summed E-state index contributed by atoms with van der Waals surface area (Å²) in [6.45, 7) is 0. The van der Waals surface area contributed by atoms with Crippen LogP contribution < -0.4 is 0 Å². The summed E-state index contributed by atoms with van der Waals surface area (Å²) in [5.74, 6) is -0.454. The molecule has 3 aromatic rings. The van der Waals surface area contributed by atoms with E-state index in [9.17, 15) is 14.6 Å². The Morgan fingerprint density at radius 2 is 1.71 bits per heavy atom. The van der Waals surface area contributed by atoms with Crippen LogP contribution >= 0.6 is 0 Å². The van der Waals surface area contributed by atoms with Gasteiger partial charge in [-0.2, -0.15) is 0 Å². The molecule has 0 amide bonds. The molecule has 1 aliphatic rings. The van der Waals surface area contributed by atoms with E-state index in [-0.39, 0.29) is 5.56 Å². The molecule has 0 aromatic heterocycles. The molecule has 0 aliphatic heterocycles. The zero-order valence-electron chi connectivity index (χ0n) is 11.1. The minimum absolute atomic E-state index is 0.174. The van der Waals surface area contributed by atoms with Gasteiger partial charge in [0, 0.05) is 10.9 Å². The van der Waals surface area contributed by atoms with Gasteiger partial charge >= 0.3 is 0 Å². The molecule has 2 atom stereocenters. The normalized spacial score (nSPS) is 20.9. The van der Waals surface area contributed by atoms with Crippen LogP contribution in [0.15, 0.2) is 48.5 Å². The lowest BCUT2D eigenvalue weighted by atomic mass is 9.88. The molecule has 4 rings (SSSR count). The summed E-state index contributed by atoms with van der Waals surface area (Å²) < 4.78 is 14.8. The van der Waals surface area contributed by atoms with Crippen molar-refractivity contribution in [1.29, 1.82) is 0 Å². The number of benzene rings is 3. The van der Waals surface area contributed by atoms with Crippen LogP contribution in [-0.2, 0) is 0 Å². The summed E-state index contributed by atoms with van der Waals surface area (Å²) >= 11 is 0. The Labute approximate surface area is 120 Å². The summed E-state index contributed by atoms with van der Waals surface area (Å²) in [7, 11) is 0. The number of aliphatic hydroxyl groups is 2. The highest BCUT2D eigenvalue weighted by Crippen LogP contribution is 2.37. The fourth-order valence-corrected chi connectivity index (χ4v) is 3.06. The lowest BCUT2D eigenvalue weighted by Crippen LogP contribution is -2.21. The first kappa shape index (κ1) is 12.5. The quantitative estimate of drug-likeness (QED) is 0.618. The lowest BCUT2D eigenvalue weighted by Gasteiger charge is -2.23. The van der Waals surface area contributed by atoms with Crippen LogP contribution in [0.25, 0.3) is 27.6 Å². The van der Waals surface area contributed by atoms with Crippen molar-refractivity contribution in [3.8, 4) is 0 Å². The maximum Gasteiger partial charge on any atom is 0.137 e. The lowest BCUT2D eigenvalue weighted by molar-refractivity contribution is 0.0447. The summed E-state index contributed by atoms with van der Waals surface area (Å²) in [5.41, 5.74) is 0.793. The van der Waals surface area contributed by atoms with Crippen molar-refractivity contribution in [2.24, 2.45) is 0 Å². The van der Waals surface area contributed by atoms with Gasteiger partial charge in [0.15, 0.2) is 0 Å². The number of rotatable bonds is 0. The minimum Gasteiger partial charge on any atom is -0.386 e. The average Bonchev–Trinajstić information content (AvgIpc) is 2.51. The second-order valence-electron chi connectivity index (χ2n) is 5.37. The van der Waals surface area contributed by atoms with Crippen LogP contribution in [0.5, 0.6) is 0 Å². The van der Waals surface area contributed by atoms with Crippen molar-refractivity contribution in [3.63, 3.8) is 0 Å². The first-order valence-corrected chi connectivity index (χ1v) is 6.85. The van der Waals surface area contributed by atoms with Crippen LogP contribution in [0.4, 0.5) is 4.39 Å². The number of aliphatic hydroxyl groups excluding tert-OH is 2. The second kappa shape index (κ2) is 4.38. The van der Waals surface area contributed by atoms with Crippen LogP contribution in [0.2, 0.25) is 0 Å². The van der Waals surface area contributed by atoms with Crippen LogP contribution in [0, 0.1) is 5.82 Å². The fourth-order valence-electron chi connectivity index (χ4n) is 3.06. The highest BCUT2D eigenvalue weighted by Gasteiger charge is 2.27. The Bertz CT molecular complexity index is 898. The Morgan fingerprint density at radius 1 is 0.905 bits per heavy atom. The molecular formula is C18H13FO2. The van der Waals surface area contributed by atoms with E-state index in [0.717, 1.165) is 16.2 Å². The standard InChI is InChI=1S/C18H13FO2/c19-17-13-7-5-10-3-1-2-4-12(10)14(13)9-11-6-8-15(20)18(21)16(11)17/h1-9,15,18,20-21H/t15-,18+/m0/s1. The number of hydrogen-bond acceptors (Lipinski definition) is 2. The monoisotopic (exact) mass is 280 g/mol. The van der Waals surface area contributed by atoms with Crippen LogP contribution in [-0.4, -0.2) is 16.3 Å². The summed E-state index contributed by atoms with van der Waals surface area (Å²) in [6, 6.07) is 13.3. The number of hydrogen-bond donors (Lipinski definition) is 2. The van der Waals surface area contributed by atoms with Gasteiger partial charge in [-0.15, -0.1) is 0 Å². The van der Waals surface area contributed by atoms with Gasteiger partial charge in [-0.1, -0.05) is 48.6 Å². The Kier molecular flexibility index (Phi) is 2.61. The van der Waals surface area contributed by atoms with Crippen molar-refractivity contribution in [1.82, 2.24) is 0 Å². The van der Waals surface area contributed by atoms with Gasteiger partial charge in [-0.3, -0.25) is 0 Å². The third-order valence-electron chi connectivity index (χ3n) is 4.15. The maximum atomic E-state index is 14.8. The zero-order valence-corrected chi connectivity index (χ0v) is 11.1. The van der Waals surface area contributed by atoms with Crippen LogP contribution in [0.1, 0.15) is 17.2 Å². The Balaban J connectivity index is 2.16. The molecule has 0 radical (unpaired) electrons. The molecule has 0 saturated heterocycles. The molecule has 1 aliphatic carbocycles. The van der Waals surface area contributed by atoms with Gasteiger partial charge < -0.3 is 10.2 Å². The Hall–Kier alpha value is -2.23. The van der Waals surface area contributed by atoms with Gasteiger partial charge in [0.2, 0.25) is 0 Å². The Morgan fingerprint density at radius 3 is 2.57 bits per heavy atom. The first-order chi connectivity index (χ1) is 10.2. The molecule has 3 aromatic carbocycles. The smallest absolute Gasteiger partial charge is 0.137 e. The predicted octanol–water partition coefficient (Wildman–Crippen LogP) is 3.55. The van der Waals surface area contributed by atoms with E-state index < -0.39 is 18.0 Å². The molecular weight excluding hydrogens is 267 g/mol. The molecule has 2 nitrogen and oxygen atoms in total. The molecule has 2 N–H and O–H groups in total. The third kappa shape index (κ3) is 1.71. The maximum absolute atomic E-state index is 14.8. The largest absolute Gasteiger partial charge is 0.386 e. The van der Waals surface area contributed by atoms with Gasteiger partial charge in [0.1, 0.15) is 18.0 Å². The van der Waals surface area contributed by atoms with Crippen LogP contribution in [0.3, 0.4) is 0 Å². The van der Waals surface area contributed by atoms with E-state index in [0.29, 0.717) is 10.9 Å². The van der Waals surface area contributed by atoms with Crippen molar-refractivity contribution < 1.29 is 14.6 Å². The summed E-state index contributed by atoms with van der Waals surface area (Å²) in [6.07, 6.45) is 0.867. The van der Waals surface area contributed by atoms with Gasteiger partial charge in [-0.25, -0.2) is 4.39 Å². The highest BCUT2D eigenvalue weighted by molar-refractivity contribution is 6.08. The van der Waals surface area contributed by atoms with Crippen molar-refractivity contribution in [2.45, 2.75) is 12.2 Å².